The van der Waals surface area contributed by atoms with Crippen LogP contribution >= 0.6 is 22.9 Å². The summed E-state index contributed by atoms with van der Waals surface area (Å²) in [5.74, 6) is -0.214. The second-order valence-electron chi connectivity index (χ2n) is 4.81. The first kappa shape index (κ1) is 13.9. The summed E-state index contributed by atoms with van der Waals surface area (Å²) in [6.45, 7) is 2.01. The lowest BCUT2D eigenvalue weighted by molar-refractivity contribution is 0.103. The molecule has 106 valence electrons. The number of nitrogen functional groups attached to an aromatic ring is 1. The molecule has 0 bridgehead atoms. The van der Waals surface area contributed by atoms with E-state index in [1.807, 2.05) is 25.1 Å². The van der Waals surface area contributed by atoms with E-state index in [-0.39, 0.29) is 5.91 Å². The van der Waals surface area contributed by atoms with E-state index in [0.29, 0.717) is 21.3 Å². The van der Waals surface area contributed by atoms with Crippen molar-refractivity contribution in [3.63, 3.8) is 0 Å². The number of carbonyl (C=O) groups is 1. The second kappa shape index (κ2) is 5.39. The minimum absolute atomic E-state index is 0.214. The summed E-state index contributed by atoms with van der Waals surface area (Å²) < 4.78 is 1.02. The summed E-state index contributed by atoms with van der Waals surface area (Å²) >= 11 is 7.31. The molecule has 1 heterocycles. The van der Waals surface area contributed by atoms with Gasteiger partial charge in [-0.25, -0.2) is 0 Å². The van der Waals surface area contributed by atoms with Crippen LogP contribution in [0.1, 0.15) is 15.2 Å². The molecule has 0 radical (unpaired) electrons. The number of nitrogens with two attached hydrogens (primary N) is 1. The summed E-state index contributed by atoms with van der Waals surface area (Å²) in [5.41, 5.74) is 8.42. The molecule has 21 heavy (non-hydrogen) atoms. The number of benzene rings is 2. The highest BCUT2D eigenvalue weighted by Gasteiger charge is 2.16. The van der Waals surface area contributed by atoms with Crippen LogP contribution in [0.15, 0.2) is 42.5 Å². The zero-order valence-electron chi connectivity index (χ0n) is 11.3. The van der Waals surface area contributed by atoms with E-state index in [0.717, 1.165) is 15.6 Å². The maximum atomic E-state index is 12.4. The Morgan fingerprint density at radius 3 is 2.81 bits per heavy atom. The Hall–Kier alpha value is -2.04. The van der Waals surface area contributed by atoms with Crippen molar-refractivity contribution < 1.29 is 4.79 Å². The summed E-state index contributed by atoms with van der Waals surface area (Å²) in [7, 11) is 0. The van der Waals surface area contributed by atoms with Crippen LogP contribution in [0.25, 0.3) is 10.1 Å². The van der Waals surface area contributed by atoms with E-state index in [9.17, 15) is 4.79 Å². The fourth-order valence-electron chi connectivity index (χ4n) is 2.15. The number of thiophene rings is 1. The normalized spacial score (nSPS) is 10.8. The molecule has 1 aromatic heterocycles. The molecular formula is C16H13ClN2OS. The standard InChI is InChI=1S/C16H13ClN2OS/c1-9-5-6-12-13(7-9)21-15(14(12)18)16(20)19-11-4-2-3-10(17)8-11/h2-8H,18H2,1H3,(H,19,20). The first-order valence-electron chi connectivity index (χ1n) is 6.40. The third-order valence-corrected chi connectivity index (χ3v) is 4.57. The highest BCUT2D eigenvalue weighted by atomic mass is 35.5. The van der Waals surface area contributed by atoms with Gasteiger partial charge in [0.2, 0.25) is 0 Å². The van der Waals surface area contributed by atoms with E-state index >= 15 is 0 Å². The maximum absolute atomic E-state index is 12.4. The molecule has 0 saturated heterocycles. The van der Waals surface area contributed by atoms with Gasteiger partial charge < -0.3 is 11.1 Å². The number of aryl methyl sites for hydroxylation is 1. The van der Waals surface area contributed by atoms with Crippen LogP contribution in [-0.2, 0) is 0 Å². The monoisotopic (exact) mass is 316 g/mol. The number of halogens is 1. The molecule has 0 atom stereocenters. The minimum atomic E-state index is -0.214. The molecule has 0 saturated carbocycles. The van der Waals surface area contributed by atoms with E-state index in [1.165, 1.54) is 11.3 Å². The smallest absolute Gasteiger partial charge is 0.267 e. The van der Waals surface area contributed by atoms with Crippen molar-refractivity contribution in [2.75, 3.05) is 11.1 Å². The van der Waals surface area contributed by atoms with Gasteiger partial charge in [-0.05, 0) is 36.8 Å². The Labute approximate surface area is 131 Å². The molecule has 1 amide bonds. The Kier molecular flexibility index (Phi) is 3.57. The van der Waals surface area contributed by atoms with Gasteiger partial charge in [0, 0.05) is 20.8 Å². The number of hydrogen-bond acceptors (Lipinski definition) is 3. The summed E-state index contributed by atoms with van der Waals surface area (Å²) in [4.78, 5) is 12.9. The van der Waals surface area contributed by atoms with E-state index in [2.05, 4.69) is 5.32 Å². The van der Waals surface area contributed by atoms with Gasteiger partial charge >= 0.3 is 0 Å². The van der Waals surface area contributed by atoms with Gasteiger partial charge in [-0.1, -0.05) is 29.8 Å². The van der Waals surface area contributed by atoms with Crippen molar-refractivity contribution in [1.82, 2.24) is 0 Å². The lowest BCUT2D eigenvalue weighted by Gasteiger charge is -2.04. The van der Waals surface area contributed by atoms with Gasteiger partial charge in [0.25, 0.3) is 5.91 Å². The number of hydrogen-bond donors (Lipinski definition) is 2. The zero-order chi connectivity index (χ0) is 15.0. The van der Waals surface area contributed by atoms with Crippen molar-refractivity contribution in [2.24, 2.45) is 0 Å². The topological polar surface area (TPSA) is 55.1 Å². The van der Waals surface area contributed by atoms with Gasteiger partial charge in [0.15, 0.2) is 0 Å². The van der Waals surface area contributed by atoms with Crippen LogP contribution in [0.3, 0.4) is 0 Å². The molecule has 0 aliphatic heterocycles. The molecule has 3 rings (SSSR count). The SMILES string of the molecule is Cc1ccc2c(N)c(C(=O)Nc3cccc(Cl)c3)sc2c1. The van der Waals surface area contributed by atoms with Crippen LogP contribution in [0.5, 0.6) is 0 Å². The summed E-state index contributed by atoms with van der Waals surface area (Å²) in [6.07, 6.45) is 0. The van der Waals surface area contributed by atoms with Crippen LogP contribution in [0.4, 0.5) is 11.4 Å². The molecule has 3 nitrogen and oxygen atoms in total. The van der Waals surface area contributed by atoms with E-state index in [1.54, 1.807) is 24.3 Å². The molecule has 0 unspecified atom stereocenters. The van der Waals surface area contributed by atoms with Gasteiger partial charge in [-0.2, -0.15) is 0 Å². The number of rotatable bonds is 2. The number of carbonyl (C=O) groups excluding carboxylic acids is 1. The zero-order valence-corrected chi connectivity index (χ0v) is 12.9. The molecule has 0 fully saturated rings. The number of fused-ring (bicyclic) bond motifs is 1. The highest BCUT2D eigenvalue weighted by molar-refractivity contribution is 7.21. The number of amides is 1. The van der Waals surface area contributed by atoms with Crippen LogP contribution in [-0.4, -0.2) is 5.91 Å². The lowest BCUT2D eigenvalue weighted by Crippen LogP contribution is -2.11. The molecule has 5 heteroatoms. The van der Waals surface area contributed by atoms with Crippen molar-refractivity contribution in [3.8, 4) is 0 Å². The first-order valence-corrected chi connectivity index (χ1v) is 7.59. The summed E-state index contributed by atoms with van der Waals surface area (Å²) in [6, 6.07) is 13.0. The van der Waals surface area contributed by atoms with Gasteiger partial charge in [-0.15, -0.1) is 11.3 Å². The Morgan fingerprint density at radius 1 is 1.24 bits per heavy atom. The Balaban J connectivity index is 1.96. The average Bonchev–Trinajstić information content (AvgIpc) is 2.75. The van der Waals surface area contributed by atoms with Gasteiger partial charge in [0.05, 0.1) is 5.69 Å². The van der Waals surface area contributed by atoms with E-state index < -0.39 is 0 Å². The molecular weight excluding hydrogens is 304 g/mol. The summed E-state index contributed by atoms with van der Waals surface area (Å²) in [5, 5.41) is 4.32. The van der Waals surface area contributed by atoms with Crippen LogP contribution < -0.4 is 11.1 Å². The van der Waals surface area contributed by atoms with Gasteiger partial charge in [0.1, 0.15) is 4.88 Å². The Bertz CT molecular complexity index is 841. The molecule has 3 N–H and O–H groups in total. The quantitative estimate of drug-likeness (QED) is 0.720. The largest absolute Gasteiger partial charge is 0.397 e. The van der Waals surface area contributed by atoms with Crippen molar-refractivity contribution >= 4 is 50.3 Å². The fourth-order valence-corrected chi connectivity index (χ4v) is 3.45. The van der Waals surface area contributed by atoms with Crippen molar-refractivity contribution in [3.05, 3.63) is 57.9 Å². The number of nitrogens with one attached hydrogen (secondary N) is 1. The molecule has 0 aliphatic rings. The third-order valence-electron chi connectivity index (χ3n) is 3.17. The minimum Gasteiger partial charge on any atom is -0.397 e. The van der Waals surface area contributed by atoms with E-state index in [4.69, 9.17) is 17.3 Å². The van der Waals surface area contributed by atoms with Crippen molar-refractivity contribution in [2.45, 2.75) is 6.92 Å². The first-order chi connectivity index (χ1) is 10.0. The van der Waals surface area contributed by atoms with Crippen LogP contribution in [0, 0.1) is 6.92 Å². The molecule has 0 spiro atoms. The Morgan fingerprint density at radius 2 is 2.05 bits per heavy atom. The van der Waals surface area contributed by atoms with Crippen LogP contribution in [0.2, 0.25) is 5.02 Å². The number of anilines is 2. The predicted molar refractivity (Wildman–Crippen MR) is 90.4 cm³/mol. The highest BCUT2D eigenvalue weighted by Crippen LogP contribution is 2.34. The second-order valence-corrected chi connectivity index (χ2v) is 6.30. The molecule has 2 aromatic carbocycles. The molecule has 0 aliphatic carbocycles. The van der Waals surface area contributed by atoms with Crippen molar-refractivity contribution in [1.29, 1.82) is 0 Å². The maximum Gasteiger partial charge on any atom is 0.267 e. The lowest BCUT2D eigenvalue weighted by atomic mass is 10.1. The molecule has 3 aromatic rings. The third kappa shape index (κ3) is 2.73. The average molecular weight is 317 g/mol. The van der Waals surface area contributed by atoms with Gasteiger partial charge in [-0.3, -0.25) is 4.79 Å². The fraction of sp³-hybridized carbons (Fsp3) is 0.0625. The predicted octanol–water partition coefficient (Wildman–Crippen LogP) is 4.70.